The van der Waals surface area contributed by atoms with Crippen LogP contribution in [0.15, 0.2) is 18.2 Å². The molecule has 0 saturated carbocycles. The average molecular weight is 159 g/mol. The third-order valence-corrected chi connectivity index (χ3v) is 3.00. The van der Waals surface area contributed by atoms with E-state index >= 15 is 0 Å². The molecular formula is C12H15. The Morgan fingerprint density at radius 2 is 2.08 bits per heavy atom. The van der Waals surface area contributed by atoms with Crippen molar-refractivity contribution >= 4 is 0 Å². The van der Waals surface area contributed by atoms with Gasteiger partial charge in [0.15, 0.2) is 0 Å². The maximum absolute atomic E-state index is 4.06. The second-order valence-corrected chi connectivity index (χ2v) is 4.33. The van der Waals surface area contributed by atoms with Crippen molar-refractivity contribution in [3.8, 4) is 0 Å². The van der Waals surface area contributed by atoms with Crippen molar-refractivity contribution < 1.29 is 0 Å². The van der Waals surface area contributed by atoms with Gasteiger partial charge in [0, 0.05) is 0 Å². The second-order valence-electron chi connectivity index (χ2n) is 4.33. The summed E-state index contributed by atoms with van der Waals surface area (Å²) in [6.45, 7) is 8.69. The van der Waals surface area contributed by atoms with Gasteiger partial charge in [0.25, 0.3) is 0 Å². The van der Waals surface area contributed by atoms with Gasteiger partial charge in [-0.1, -0.05) is 32.0 Å². The van der Waals surface area contributed by atoms with E-state index in [1.807, 2.05) is 0 Å². The SMILES string of the molecule is [CH2]c1cccc2c1CCC2(C)C. The van der Waals surface area contributed by atoms with Gasteiger partial charge in [0.2, 0.25) is 0 Å². The van der Waals surface area contributed by atoms with E-state index < -0.39 is 0 Å². The lowest BCUT2D eigenvalue weighted by molar-refractivity contribution is 0.522. The zero-order valence-corrected chi connectivity index (χ0v) is 7.85. The fraction of sp³-hybridized carbons (Fsp3) is 0.417. The molecule has 0 bridgehead atoms. The van der Waals surface area contributed by atoms with Gasteiger partial charge in [-0.05, 0) is 41.9 Å². The van der Waals surface area contributed by atoms with Crippen LogP contribution < -0.4 is 0 Å². The first kappa shape index (κ1) is 7.85. The van der Waals surface area contributed by atoms with Crippen LogP contribution in [0.2, 0.25) is 0 Å². The first-order valence-electron chi connectivity index (χ1n) is 4.55. The van der Waals surface area contributed by atoms with Crippen molar-refractivity contribution in [2.75, 3.05) is 0 Å². The van der Waals surface area contributed by atoms with E-state index in [2.05, 4.69) is 39.0 Å². The number of rotatable bonds is 0. The topological polar surface area (TPSA) is 0 Å². The molecule has 0 amide bonds. The molecule has 0 heterocycles. The zero-order valence-electron chi connectivity index (χ0n) is 7.85. The summed E-state index contributed by atoms with van der Waals surface area (Å²) in [5.74, 6) is 0. The standard InChI is InChI=1S/C12H15/c1-9-5-4-6-11-10(9)7-8-12(11,2)3/h4-6H,1,7-8H2,2-3H3. The van der Waals surface area contributed by atoms with Crippen LogP contribution in [0.3, 0.4) is 0 Å². The summed E-state index contributed by atoms with van der Waals surface area (Å²) >= 11 is 0. The molecule has 2 rings (SSSR count). The molecule has 1 aromatic rings. The minimum atomic E-state index is 0.378. The Hall–Kier alpha value is -0.780. The van der Waals surface area contributed by atoms with Crippen LogP contribution in [-0.4, -0.2) is 0 Å². The van der Waals surface area contributed by atoms with Crippen LogP contribution in [0.4, 0.5) is 0 Å². The zero-order chi connectivity index (χ0) is 8.77. The Morgan fingerprint density at radius 3 is 2.75 bits per heavy atom. The summed E-state index contributed by atoms with van der Waals surface area (Å²) in [4.78, 5) is 0. The van der Waals surface area contributed by atoms with Crippen LogP contribution >= 0.6 is 0 Å². The van der Waals surface area contributed by atoms with E-state index in [1.165, 1.54) is 29.5 Å². The van der Waals surface area contributed by atoms with Crippen molar-refractivity contribution in [1.82, 2.24) is 0 Å². The monoisotopic (exact) mass is 159 g/mol. The number of benzene rings is 1. The first-order chi connectivity index (χ1) is 5.61. The van der Waals surface area contributed by atoms with Gasteiger partial charge < -0.3 is 0 Å². The highest BCUT2D eigenvalue weighted by molar-refractivity contribution is 5.44. The van der Waals surface area contributed by atoms with Crippen LogP contribution in [-0.2, 0) is 11.8 Å². The summed E-state index contributed by atoms with van der Waals surface area (Å²) in [6, 6.07) is 6.48. The van der Waals surface area contributed by atoms with Gasteiger partial charge in [-0.2, -0.15) is 0 Å². The molecule has 0 aromatic heterocycles. The van der Waals surface area contributed by atoms with Crippen molar-refractivity contribution in [2.24, 2.45) is 0 Å². The highest BCUT2D eigenvalue weighted by Crippen LogP contribution is 2.39. The first-order valence-corrected chi connectivity index (χ1v) is 4.55. The minimum Gasteiger partial charge on any atom is -0.0617 e. The Labute approximate surface area is 74.6 Å². The van der Waals surface area contributed by atoms with Crippen molar-refractivity contribution in [3.63, 3.8) is 0 Å². The molecule has 0 fully saturated rings. The molecule has 0 spiro atoms. The highest BCUT2D eigenvalue weighted by atomic mass is 14.3. The van der Waals surface area contributed by atoms with E-state index in [4.69, 9.17) is 0 Å². The van der Waals surface area contributed by atoms with E-state index in [0.29, 0.717) is 5.41 Å². The lowest BCUT2D eigenvalue weighted by Crippen LogP contribution is -2.11. The average Bonchev–Trinajstić information content (AvgIpc) is 2.30. The van der Waals surface area contributed by atoms with Gasteiger partial charge in [0.1, 0.15) is 0 Å². The summed E-state index contributed by atoms with van der Waals surface area (Å²) < 4.78 is 0. The van der Waals surface area contributed by atoms with Gasteiger partial charge in [-0.15, -0.1) is 0 Å². The molecule has 0 aliphatic heterocycles. The molecule has 1 aliphatic carbocycles. The molecule has 0 unspecified atom stereocenters. The smallest absolute Gasteiger partial charge is 0.00976 e. The summed E-state index contributed by atoms with van der Waals surface area (Å²) in [7, 11) is 0. The normalized spacial score (nSPS) is 19.2. The highest BCUT2D eigenvalue weighted by Gasteiger charge is 2.29. The third kappa shape index (κ3) is 0.979. The van der Waals surface area contributed by atoms with Gasteiger partial charge in [-0.3, -0.25) is 0 Å². The lowest BCUT2D eigenvalue weighted by atomic mass is 9.86. The largest absolute Gasteiger partial charge is 0.0617 e. The fourth-order valence-corrected chi connectivity index (χ4v) is 2.14. The molecule has 1 aromatic carbocycles. The summed E-state index contributed by atoms with van der Waals surface area (Å²) in [5, 5.41) is 0. The molecule has 12 heavy (non-hydrogen) atoms. The number of hydrogen-bond donors (Lipinski definition) is 0. The second kappa shape index (κ2) is 2.35. The maximum atomic E-state index is 4.06. The van der Waals surface area contributed by atoms with Gasteiger partial charge in [-0.25, -0.2) is 0 Å². The van der Waals surface area contributed by atoms with Crippen LogP contribution in [0, 0.1) is 6.92 Å². The Balaban J connectivity index is 2.61. The van der Waals surface area contributed by atoms with Crippen molar-refractivity contribution in [1.29, 1.82) is 0 Å². The van der Waals surface area contributed by atoms with E-state index in [0.717, 1.165) is 0 Å². The molecular weight excluding hydrogens is 144 g/mol. The third-order valence-electron chi connectivity index (χ3n) is 3.00. The van der Waals surface area contributed by atoms with Crippen LogP contribution in [0.25, 0.3) is 0 Å². The molecule has 0 saturated heterocycles. The Bertz CT molecular complexity index is 308. The number of hydrogen-bond acceptors (Lipinski definition) is 0. The van der Waals surface area contributed by atoms with Crippen molar-refractivity contribution in [3.05, 3.63) is 41.8 Å². The summed E-state index contributed by atoms with van der Waals surface area (Å²) in [5.41, 5.74) is 4.60. The van der Waals surface area contributed by atoms with E-state index in [-0.39, 0.29) is 0 Å². The molecule has 0 nitrogen and oxygen atoms in total. The van der Waals surface area contributed by atoms with E-state index in [9.17, 15) is 0 Å². The Morgan fingerprint density at radius 1 is 1.33 bits per heavy atom. The molecule has 63 valence electrons. The van der Waals surface area contributed by atoms with E-state index in [1.54, 1.807) is 0 Å². The minimum absolute atomic E-state index is 0.378. The summed E-state index contributed by atoms with van der Waals surface area (Å²) in [6.07, 6.45) is 2.48. The van der Waals surface area contributed by atoms with Gasteiger partial charge >= 0.3 is 0 Å². The number of fused-ring (bicyclic) bond motifs is 1. The quantitative estimate of drug-likeness (QED) is 0.545. The molecule has 0 N–H and O–H groups in total. The molecule has 1 aliphatic rings. The molecule has 1 radical (unpaired) electrons. The van der Waals surface area contributed by atoms with Crippen LogP contribution in [0.1, 0.15) is 37.0 Å². The predicted molar refractivity (Wildman–Crippen MR) is 52.2 cm³/mol. The maximum Gasteiger partial charge on any atom is -0.00976 e. The molecule has 0 atom stereocenters. The van der Waals surface area contributed by atoms with Crippen LogP contribution in [0.5, 0.6) is 0 Å². The van der Waals surface area contributed by atoms with Crippen molar-refractivity contribution in [2.45, 2.75) is 32.1 Å². The fourth-order valence-electron chi connectivity index (χ4n) is 2.14. The van der Waals surface area contributed by atoms with Gasteiger partial charge in [0.05, 0.1) is 0 Å². The predicted octanol–water partition coefficient (Wildman–Crippen LogP) is 3.09. The Kier molecular flexibility index (Phi) is 1.54. The molecule has 0 heteroatoms. The lowest BCUT2D eigenvalue weighted by Gasteiger charge is -2.18.